The Balaban J connectivity index is 2.15. The number of hydrogen-bond acceptors (Lipinski definition) is 5. The molecule has 1 aromatic rings. The number of nitro benzene ring substituents is 1. The summed E-state index contributed by atoms with van der Waals surface area (Å²) in [6, 6.07) is 4.24. The van der Waals surface area contributed by atoms with E-state index < -0.39 is 4.92 Å². The summed E-state index contributed by atoms with van der Waals surface area (Å²) in [6.45, 7) is 0.596. The monoisotopic (exact) mass is 295 g/mol. The van der Waals surface area contributed by atoms with Crippen molar-refractivity contribution < 1.29 is 9.72 Å². The van der Waals surface area contributed by atoms with Crippen LogP contribution in [0.5, 0.6) is 0 Å². The Morgan fingerprint density at radius 2 is 2.20 bits per heavy atom. The van der Waals surface area contributed by atoms with Gasteiger partial charge in [-0.25, -0.2) is 0 Å². The highest BCUT2D eigenvalue weighted by molar-refractivity contribution is 8.00. The zero-order chi connectivity index (χ0) is 14.8. The predicted molar refractivity (Wildman–Crippen MR) is 80.5 cm³/mol. The molecule has 7 heteroatoms. The number of rotatable bonds is 6. The highest BCUT2D eigenvalue weighted by Gasteiger charge is 2.42. The van der Waals surface area contributed by atoms with Crippen molar-refractivity contribution in [3.63, 3.8) is 0 Å². The molecule has 0 unspecified atom stereocenters. The van der Waals surface area contributed by atoms with E-state index in [0.29, 0.717) is 17.8 Å². The van der Waals surface area contributed by atoms with Gasteiger partial charge in [-0.1, -0.05) is 0 Å². The van der Waals surface area contributed by atoms with Gasteiger partial charge in [0.2, 0.25) is 0 Å². The van der Waals surface area contributed by atoms with Gasteiger partial charge in [-0.3, -0.25) is 14.9 Å². The normalized spacial score (nSPS) is 15.5. The lowest BCUT2D eigenvalue weighted by Crippen LogP contribution is -2.32. The van der Waals surface area contributed by atoms with Crippen molar-refractivity contribution in [2.45, 2.75) is 17.6 Å². The van der Waals surface area contributed by atoms with Gasteiger partial charge in [0.05, 0.1) is 10.5 Å². The van der Waals surface area contributed by atoms with Crippen LogP contribution >= 0.6 is 11.8 Å². The number of hydrogen-bond donors (Lipinski definition) is 2. The first-order valence-corrected chi connectivity index (χ1v) is 7.53. The quantitative estimate of drug-likeness (QED) is 0.621. The van der Waals surface area contributed by atoms with Gasteiger partial charge in [0, 0.05) is 36.2 Å². The molecule has 1 amide bonds. The summed E-state index contributed by atoms with van der Waals surface area (Å²) in [5, 5.41) is 16.6. The van der Waals surface area contributed by atoms with Crippen LogP contribution in [-0.4, -0.2) is 35.4 Å². The predicted octanol–water partition coefficient (Wildman–Crippen LogP) is 2.26. The van der Waals surface area contributed by atoms with Crippen molar-refractivity contribution in [3.05, 3.63) is 33.9 Å². The van der Waals surface area contributed by atoms with E-state index in [2.05, 4.69) is 10.6 Å². The Hall–Kier alpha value is -1.76. The van der Waals surface area contributed by atoms with E-state index in [4.69, 9.17) is 0 Å². The van der Waals surface area contributed by atoms with Crippen molar-refractivity contribution in [1.82, 2.24) is 5.32 Å². The molecule has 0 aromatic heterocycles. The zero-order valence-corrected chi connectivity index (χ0v) is 12.3. The van der Waals surface area contributed by atoms with Crippen LogP contribution in [0.3, 0.4) is 0 Å². The van der Waals surface area contributed by atoms with E-state index in [0.717, 1.165) is 12.8 Å². The Morgan fingerprint density at radius 1 is 1.50 bits per heavy atom. The van der Waals surface area contributed by atoms with Crippen molar-refractivity contribution in [2.24, 2.45) is 0 Å². The van der Waals surface area contributed by atoms with Gasteiger partial charge in [0.15, 0.2) is 0 Å². The van der Waals surface area contributed by atoms with Crippen LogP contribution < -0.4 is 10.6 Å². The lowest BCUT2D eigenvalue weighted by molar-refractivity contribution is -0.384. The van der Waals surface area contributed by atoms with Gasteiger partial charge in [-0.15, -0.1) is 0 Å². The first-order valence-electron chi connectivity index (χ1n) is 6.31. The van der Waals surface area contributed by atoms with E-state index in [1.807, 2.05) is 6.26 Å². The highest BCUT2D eigenvalue weighted by Crippen LogP contribution is 2.46. The van der Waals surface area contributed by atoms with Gasteiger partial charge in [-0.2, -0.15) is 11.8 Å². The Bertz CT molecular complexity index is 544. The summed E-state index contributed by atoms with van der Waals surface area (Å²) < 4.78 is 0.163. The molecular weight excluding hydrogens is 278 g/mol. The molecule has 1 fully saturated rings. The van der Waals surface area contributed by atoms with Crippen LogP contribution in [0.4, 0.5) is 11.4 Å². The standard InChI is InChI=1S/C13H17N3O3S/c1-14-11-4-3-9(16(18)19)7-10(11)12(17)15-8-13(20-2)5-6-13/h3-4,7,14H,5-6,8H2,1-2H3,(H,15,17). The molecule has 1 saturated carbocycles. The average Bonchev–Trinajstić information content (AvgIpc) is 3.24. The maximum Gasteiger partial charge on any atom is 0.270 e. The van der Waals surface area contributed by atoms with Gasteiger partial charge in [-0.05, 0) is 25.2 Å². The maximum absolute atomic E-state index is 12.2. The molecule has 20 heavy (non-hydrogen) atoms. The molecule has 1 aromatic carbocycles. The Labute approximate surface area is 121 Å². The van der Waals surface area contributed by atoms with Crippen molar-refractivity contribution in [3.8, 4) is 0 Å². The van der Waals surface area contributed by atoms with Crippen molar-refractivity contribution in [1.29, 1.82) is 0 Å². The second-order valence-corrected chi connectivity index (χ2v) is 6.08. The van der Waals surface area contributed by atoms with Crippen LogP contribution in [0, 0.1) is 10.1 Å². The molecule has 2 rings (SSSR count). The van der Waals surface area contributed by atoms with Crippen LogP contribution in [-0.2, 0) is 0 Å². The third-order valence-electron chi connectivity index (χ3n) is 3.54. The SMILES string of the molecule is CNc1ccc([N+](=O)[O-])cc1C(=O)NCC1(SC)CC1. The second-order valence-electron chi connectivity index (χ2n) is 4.81. The third kappa shape index (κ3) is 3.04. The van der Waals surface area contributed by atoms with E-state index >= 15 is 0 Å². The third-order valence-corrected chi connectivity index (χ3v) is 4.96. The number of amides is 1. The smallest absolute Gasteiger partial charge is 0.270 e. The number of nitrogens with one attached hydrogen (secondary N) is 2. The maximum atomic E-state index is 12.2. The molecule has 0 saturated heterocycles. The zero-order valence-electron chi connectivity index (χ0n) is 11.4. The molecule has 0 bridgehead atoms. The lowest BCUT2D eigenvalue weighted by Gasteiger charge is -2.14. The number of thioether (sulfide) groups is 1. The van der Waals surface area contributed by atoms with E-state index in [1.165, 1.54) is 12.1 Å². The topological polar surface area (TPSA) is 84.3 Å². The van der Waals surface area contributed by atoms with Gasteiger partial charge >= 0.3 is 0 Å². The summed E-state index contributed by atoms with van der Waals surface area (Å²) in [5.41, 5.74) is 0.806. The summed E-state index contributed by atoms with van der Waals surface area (Å²) >= 11 is 1.75. The fraction of sp³-hybridized carbons (Fsp3) is 0.462. The highest BCUT2D eigenvalue weighted by atomic mass is 32.2. The van der Waals surface area contributed by atoms with Crippen LogP contribution in [0.1, 0.15) is 23.2 Å². The molecule has 1 aliphatic rings. The summed E-state index contributed by atoms with van der Waals surface area (Å²) in [5.74, 6) is -0.279. The lowest BCUT2D eigenvalue weighted by atomic mass is 10.1. The molecule has 6 nitrogen and oxygen atoms in total. The molecule has 0 atom stereocenters. The fourth-order valence-electron chi connectivity index (χ4n) is 1.98. The minimum Gasteiger partial charge on any atom is -0.387 e. The number of nitro groups is 1. The Morgan fingerprint density at radius 3 is 2.70 bits per heavy atom. The number of anilines is 1. The molecule has 0 radical (unpaired) electrons. The number of carbonyl (C=O) groups excluding carboxylic acids is 1. The molecular formula is C13H17N3O3S. The molecule has 2 N–H and O–H groups in total. The number of benzene rings is 1. The average molecular weight is 295 g/mol. The minimum atomic E-state index is -0.500. The van der Waals surface area contributed by atoms with Gasteiger partial charge < -0.3 is 10.6 Å². The van der Waals surface area contributed by atoms with E-state index in [9.17, 15) is 14.9 Å². The van der Waals surface area contributed by atoms with Crippen LogP contribution in [0.2, 0.25) is 0 Å². The van der Waals surface area contributed by atoms with Gasteiger partial charge in [0.25, 0.3) is 11.6 Å². The van der Waals surface area contributed by atoms with Gasteiger partial charge in [0.1, 0.15) is 0 Å². The summed E-state index contributed by atoms with van der Waals surface area (Å²) in [7, 11) is 1.68. The molecule has 0 spiro atoms. The Kier molecular flexibility index (Phi) is 4.17. The molecule has 0 aliphatic heterocycles. The first-order chi connectivity index (χ1) is 9.51. The number of non-ortho nitro benzene ring substituents is 1. The second kappa shape index (κ2) is 5.70. The largest absolute Gasteiger partial charge is 0.387 e. The first kappa shape index (κ1) is 14.6. The number of carbonyl (C=O) groups is 1. The summed E-state index contributed by atoms with van der Waals surface area (Å²) in [6.07, 6.45) is 4.23. The van der Waals surface area contributed by atoms with Crippen LogP contribution in [0.25, 0.3) is 0 Å². The van der Waals surface area contributed by atoms with Crippen LogP contribution in [0.15, 0.2) is 18.2 Å². The fourth-order valence-corrected chi connectivity index (χ4v) is 2.71. The van der Waals surface area contributed by atoms with E-state index in [1.54, 1.807) is 24.9 Å². The molecule has 1 aliphatic carbocycles. The number of nitrogens with zero attached hydrogens (tertiary/aromatic N) is 1. The van der Waals surface area contributed by atoms with Crippen molar-refractivity contribution >= 4 is 29.0 Å². The molecule has 108 valence electrons. The molecule has 0 heterocycles. The van der Waals surface area contributed by atoms with E-state index in [-0.39, 0.29) is 16.3 Å². The summed E-state index contributed by atoms with van der Waals surface area (Å²) in [4.78, 5) is 22.5. The minimum absolute atomic E-state index is 0.0832. The van der Waals surface area contributed by atoms with Crippen molar-refractivity contribution in [2.75, 3.05) is 25.2 Å².